The number of nitro benzene ring substituents is 1. The van der Waals surface area contributed by atoms with E-state index in [4.69, 9.17) is 9.15 Å². The fraction of sp³-hybridized carbons (Fsp3) is 0.240. The zero-order valence-corrected chi connectivity index (χ0v) is 17.8. The Hall–Kier alpha value is -3.51. The molecule has 0 N–H and O–H groups in total. The highest BCUT2D eigenvalue weighted by atomic mass is 16.6. The van der Waals surface area contributed by atoms with Crippen molar-refractivity contribution in [3.8, 4) is 0 Å². The van der Waals surface area contributed by atoms with E-state index in [2.05, 4.69) is 18.2 Å². The fourth-order valence-electron chi connectivity index (χ4n) is 3.54. The number of ether oxygens (including phenoxy) is 1. The topological polar surface area (TPSA) is 82.6 Å². The number of allylic oxidation sites excluding steroid dienone is 6. The highest BCUT2D eigenvalue weighted by Crippen LogP contribution is 2.32. The van der Waals surface area contributed by atoms with Crippen molar-refractivity contribution in [3.05, 3.63) is 115 Å². The summed E-state index contributed by atoms with van der Waals surface area (Å²) < 4.78 is 11.2. The molecule has 6 heteroatoms. The van der Waals surface area contributed by atoms with Gasteiger partial charge in [0, 0.05) is 30.7 Å². The van der Waals surface area contributed by atoms with Crippen LogP contribution in [0.25, 0.3) is 6.08 Å². The maximum Gasteiger partial charge on any atom is 0.269 e. The molecule has 0 spiro atoms. The van der Waals surface area contributed by atoms with Crippen LogP contribution in [-0.4, -0.2) is 11.5 Å². The summed E-state index contributed by atoms with van der Waals surface area (Å²) >= 11 is 0. The molecule has 2 heterocycles. The SMILES string of the molecule is CC(=C/C(C)=C\C(C)=C\c1ccc([N+](=O)[O-])cc1)/C=C1\CO[C@@H](c2cc(=O)cco2)C1. The lowest BCUT2D eigenvalue weighted by atomic mass is 10.0. The summed E-state index contributed by atoms with van der Waals surface area (Å²) in [5.41, 5.74) is 5.30. The molecule has 1 aromatic carbocycles. The molecule has 0 aliphatic carbocycles. The Morgan fingerprint density at radius 1 is 1.06 bits per heavy atom. The third kappa shape index (κ3) is 6.49. The lowest BCUT2D eigenvalue weighted by molar-refractivity contribution is -0.384. The van der Waals surface area contributed by atoms with E-state index in [0.717, 1.165) is 27.9 Å². The summed E-state index contributed by atoms with van der Waals surface area (Å²) in [6.45, 7) is 6.57. The highest BCUT2D eigenvalue weighted by molar-refractivity contribution is 5.57. The monoisotopic (exact) mass is 419 g/mol. The van der Waals surface area contributed by atoms with Gasteiger partial charge in [0.05, 0.1) is 17.8 Å². The predicted octanol–water partition coefficient (Wildman–Crippen LogP) is 5.93. The van der Waals surface area contributed by atoms with Crippen molar-refractivity contribution in [1.82, 2.24) is 0 Å². The van der Waals surface area contributed by atoms with Crippen LogP contribution in [0.5, 0.6) is 0 Å². The molecular formula is C25H25NO5. The zero-order valence-electron chi connectivity index (χ0n) is 17.8. The Bertz CT molecular complexity index is 1130. The van der Waals surface area contributed by atoms with Gasteiger partial charge in [-0.15, -0.1) is 0 Å². The van der Waals surface area contributed by atoms with Gasteiger partial charge in [-0.2, -0.15) is 0 Å². The van der Waals surface area contributed by atoms with Gasteiger partial charge in [-0.3, -0.25) is 14.9 Å². The Morgan fingerprint density at radius 3 is 2.45 bits per heavy atom. The van der Waals surface area contributed by atoms with Gasteiger partial charge in [-0.25, -0.2) is 0 Å². The van der Waals surface area contributed by atoms with E-state index >= 15 is 0 Å². The summed E-state index contributed by atoms with van der Waals surface area (Å²) in [5.74, 6) is 0.556. The number of benzene rings is 1. The van der Waals surface area contributed by atoms with Gasteiger partial charge in [0.2, 0.25) is 0 Å². The van der Waals surface area contributed by atoms with E-state index in [0.29, 0.717) is 18.8 Å². The smallest absolute Gasteiger partial charge is 0.269 e. The van der Waals surface area contributed by atoms with Crippen LogP contribution in [0.15, 0.2) is 92.4 Å². The first-order valence-corrected chi connectivity index (χ1v) is 9.99. The van der Waals surface area contributed by atoms with Crippen molar-refractivity contribution in [3.63, 3.8) is 0 Å². The standard InChI is InChI=1S/C25H25NO5/c1-17(10-18(2)12-20-4-6-22(7-5-20)26(28)29)11-19(3)13-21-14-24(31-16-21)25-15-23(27)8-9-30-25/h4-13,15,24H,14,16H2,1-3H3/b17-10-,18-12+,19-11-,21-13-/t24-/m1/s1. The fourth-order valence-corrected chi connectivity index (χ4v) is 3.54. The maximum atomic E-state index is 11.5. The number of rotatable bonds is 6. The molecule has 1 saturated heterocycles. The molecule has 1 fully saturated rings. The summed E-state index contributed by atoms with van der Waals surface area (Å²) in [6.07, 6.45) is 10.1. The van der Waals surface area contributed by atoms with E-state index in [-0.39, 0.29) is 17.2 Å². The summed E-state index contributed by atoms with van der Waals surface area (Å²) in [4.78, 5) is 21.8. The molecule has 6 nitrogen and oxygen atoms in total. The van der Waals surface area contributed by atoms with Crippen LogP contribution in [-0.2, 0) is 4.74 Å². The first kappa shape index (κ1) is 22.2. The molecule has 0 bridgehead atoms. The summed E-state index contributed by atoms with van der Waals surface area (Å²) in [6, 6.07) is 9.34. The van der Waals surface area contributed by atoms with Crippen LogP contribution in [0.1, 0.15) is 44.6 Å². The first-order valence-electron chi connectivity index (χ1n) is 9.99. The molecule has 1 atom stereocenters. The van der Waals surface area contributed by atoms with E-state index in [1.807, 2.05) is 26.8 Å². The van der Waals surface area contributed by atoms with Crippen molar-refractivity contribution < 1.29 is 14.1 Å². The van der Waals surface area contributed by atoms with Gasteiger partial charge < -0.3 is 9.15 Å². The van der Waals surface area contributed by atoms with Gasteiger partial charge in [0.25, 0.3) is 5.69 Å². The second-order valence-corrected chi connectivity index (χ2v) is 7.69. The molecule has 0 unspecified atom stereocenters. The maximum absolute atomic E-state index is 11.5. The quantitative estimate of drug-likeness (QED) is 0.329. The summed E-state index contributed by atoms with van der Waals surface area (Å²) in [7, 11) is 0. The zero-order chi connectivity index (χ0) is 22.4. The average molecular weight is 419 g/mol. The predicted molar refractivity (Wildman–Crippen MR) is 121 cm³/mol. The van der Waals surface area contributed by atoms with Crippen LogP contribution < -0.4 is 5.43 Å². The highest BCUT2D eigenvalue weighted by Gasteiger charge is 2.23. The molecular weight excluding hydrogens is 394 g/mol. The molecule has 160 valence electrons. The molecule has 3 rings (SSSR count). The minimum atomic E-state index is -0.403. The van der Waals surface area contributed by atoms with E-state index < -0.39 is 4.92 Å². The number of hydrogen-bond acceptors (Lipinski definition) is 5. The Kier molecular flexibility index (Phi) is 7.15. The van der Waals surface area contributed by atoms with Crippen molar-refractivity contribution in [2.45, 2.75) is 33.3 Å². The largest absolute Gasteiger partial charge is 0.466 e. The average Bonchev–Trinajstić information content (AvgIpc) is 3.16. The van der Waals surface area contributed by atoms with Gasteiger partial charge in [-0.05, 0) is 44.0 Å². The number of nitro groups is 1. The Morgan fingerprint density at radius 2 is 1.77 bits per heavy atom. The van der Waals surface area contributed by atoms with Crippen molar-refractivity contribution in [2.75, 3.05) is 6.61 Å². The van der Waals surface area contributed by atoms with Gasteiger partial charge in [0.1, 0.15) is 11.9 Å². The van der Waals surface area contributed by atoms with Crippen LogP contribution in [0.4, 0.5) is 5.69 Å². The molecule has 31 heavy (non-hydrogen) atoms. The molecule has 0 amide bonds. The molecule has 1 aromatic heterocycles. The number of non-ortho nitro benzene ring substituents is 1. The van der Waals surface area contributed by atoms with E-state index in [9.17, 15) is 14.9 Å². The molecule has 2 aromatic rings. The van der Waals surface area contributed by atoms with E-state index in [1.54, 1.807) is 12.1 Å². The van der Waals surface area contributed by atoms with Gasteiger partial charge in [-0.1, -0.05) is 41.0 Å². The van der Waals surface area contributed by atoms with Gasteiger partial charge >= 0.3 is 0 Å². The van der Waals surface area contributed by atoms with Crippen LogP contribution >= 0.6 is 0 Å². The summed E-state index contributed by atoms with van der Waals surface area (Å²) in [5, 5.41) is 10.8. The number of hydrogen-bond donors (Lipinski definition) is 0. The third-order valence-corrected chi connectivity index (χ3v) is 4.80. The Balaban J connectivity index is 1.65. The Labute approximate surface area is 181 Å². The first-order chi connectivity index (χ1) is 14.8. The van der Waals surface area contributed by atoms with Crippen LogP contribution in [0, 0.1) is 10.1 Å². The lowest BCUT2D eigenvalue weighted by Gasteiger charge is -2.05. The van der Waals surface area contributed by atoms with Crippen molar-refractivity contribution >= 4 is 11.8 Å². The normalized spacial score (nSPS) is 19.1. The second-order valence-electron chi connectivity index (χ2n) is 7.69. The van der Waals surface area contributed by atoms with Gasteiger partial charge in [0.15, 0.2) is 5.43 Å². The van der Waals surface area contributed by atoms with Crippen LogP contribution in [0.3, 0.4) is 0 Å². The molecule has 0 radical (unpaired) electrons. The minimum Gasteiger partial charge on any atom is -0.466 e. The lowest BCUT2D eigenvalue weighted by Crippen LogP contribution is -2.02. The molecule has 1 aliphatic heterocycles. The molecule has 1 aliphatic rings. The van der Waals surface area contributed by atoms with Crippen molar-refractivity contribution in [1.29, 1.82) is 0 Å². The third-order valence-electron chi connectivity index (χ3n) is 4.80. The second kappa shape index (κ2) is 10.00. The van der Waals surface area contributed by atoms with Crippen molar-refractivity contribution in [2.24, 2.45) is 0 Å². The molecule has 0 saturated carbocycles. The number of nitrogens with zero attached hydrogens (tertiary/aromatic N) is 1. The minimum absolute atomic E-state index is 0.0839. The van der Waals surface area contributed by atoms with Crippen LogP contribution in [0.2, 0.25) is 0 Å². The van der Waals surface area contributed by atoms with E-state index in [1.165, 1.54) is 30.5 Å².